The molecule has 1 aromatic rings. The van der Waals surface area contributed by atoms with Crippen LogP contribution in [0.1, 0.15) is 37.8 Å². The number of ether oxygens (including phenoxy) is 1. The van der Waals surface area contributed by atoms with Crippen molar-refractivity contribution < 1.29 is 13.2 Å². The number of piperidine rings is 1. The molecule has 8 heteroatoms. The van der Waals surface area contributed by atoms with E-state index < -0.39 is 10.2 Å². The van der Waals surface area contributed by atoms with E-state index in [9.17, 15) is 8.42 Å². The summed E-state index contributed by atoms with van der Waals surface area (Å²) in [7, 11) is -3.28. The molecule has 0 saturated carbocycles. The second kappa shape index (κ2) is 10.4. The summed E-state index contributed by atoms with van der Waals surface area (Å²) in [5.41, 5.74) is 2.73. The molecule has 0 bridgehead atoms. The first-order chi connectivity index (χ1) is 15.0. The summed E-state index contributed by atoms with van der Waals surface area (Å²) in [6.45, 7) is 10.1. The quantitative estimate of drug-likeness (QED) is 0.589. The number of benzene rings is 1. The van der Waals surface area contributed by atoms with Crippen molar-refractivity contribution >= 4 is 22.0 Å². The van der Waals surface area contributed by atoms with Gasteiger partial charge < -0.3 is 9.64 Å². The summed E-state index contributed by atoms with van der Waals surface area (Å²) in [4.78, 5) is 2.57. The molecule has 3 aliphatic rings. The molecule has 6 nitrogen and oxygen atoms in total. The molecule has 31 heavy (non-hydrogen) atoms. The third-order valence-electron chi connectivity index (χ3n) is 7.00. The number of likely N-dealkylation sites (N-methyl/N-ethyl adjacent to an activating group) is 1. The lowest BCUT2D eigenvalue weighted by Gasteiger charge is -2.38. The molecule has 0 radical (unpaired) electrons. The van der Waals surface area contributed by atoms with Gasteiger partial charge in [-0.05, 0) is 55.8 Å². The van der Waals surface area contributed by atoms with Crippen LogP contribution in [-0.4, -0.2) is 85.4 Å². The van der Waals surface area contributed by atoms with E-state index in [4.69, 9.17) is 4.74 Å². The van der Waals surface area contributed by atoms with Gasteiger partial charge >= 0.3 is 0 Å². The Balaban J connectivity index is 1.28. The second-order valence-corrected chi connectivity index (χ2v) is 12.2. The maximum Gasteiger partial charge on any atom is 0.282 e. The molecular weight excluding hydrogens is 430 g/mol. The van der Waals surface area contributed by atoms with Crippen LogP contribution in [0.4, 0.5) is 0 Å². The Labute approximate surface area is 192 Å². The molecule has 174 valence electrons. The van der Waals surface area contributed by atoms with Gasteiger partial charge in [-0.2, -0.15) is 28.8 Å². The van der Waals surface area contributed by atoms with Crippen LogP contribution in [-0.2, 0) is 23.1 Å². The Morgan fingerprint density at radius 3 is 2.58 bits per heavy atom. The number of thioether (sulfide) groups is 1. The molecule has 3 heterocycles. The number of rotatable bonds is 8. The van der Waals surface area contributed by atoms with Crippen molar-refractivity contribution in [1.82, 2.24) is 13.5 Å². The smallest absolute Gasteiger partial charge is 0.282 e. The predicted molar refractivity (Wildman–Crippen MR) is 128 cm³/mol. The molecule has 2 fully saturated rings. The van der Waals surface area contributed by atoms with E-state index in [0.717, 1.165) is 62.6 Å². The minimum absolute atomic E-state index is 0.470. The topological polar surface area (TPSA) is 53.1 Å². The number of hydrogen-bond donors (Lipinski definition) is 0. The van der Waals surface area contributed by atoms with Gasteiger partial charge in [0.15, 0.2) is 0 Å². The average molecular weight is 468 g/mol. The normalized spacial score (nSPS) is 22.4. The first kappa shape index (κ1) is 23.4. The summed E-state index contributed by atoms with van der Waals surface area (Å²) in [5.74, 6) is 3.44. The van der Waals surface area contributed by atoms with Crippen molar-refractivity contribution in [3.8, 4) is 5.75 Å². The highest BCUT2D eigenvalue weighted by Crippen LogP contribution is 2.28. The van der Waals surface area contributed by atoms with E-state index in [2.05, 4.69) is 36.9 Å². The summed E-state index contributed by atoms with van der Waals surface area (Å²) >= 11 is 1.84. The third-order valence-corrected chi connectivity index (χ3v) is 9.98. The minimum atomic E-state index is -3.28. The highest BCUT2D eigenvalue weighted by molar-refractivity contribution is 7.99. The van der Waals surface area contributed by atoms with Gasteiger partial charge in [0.1, 0.15) is 5.75 Å². The third kappa shape index (κ3) is 5.58. The molecule has 0 aliphatic carbocycles. The van der Waals surface area contributed by atoms with E-state index >= 15 is 0 Å². The van der Waals surface area contributed by atoms with E-state index in [0.29, 0.717) is 38.1 Å². The molecule has 0 spiro atoms. The molecule has 4 rings (SSSR count). The SMILES string of the molecule is CCN(CC1CCN(S(=O)(=O)N2CCSCC2)CC1)C(C)Cc1ccc2c(c1)CCO2. The van der Waals surface area contributed by atoms with Gasteiger partial charge in [-0.3, -0.25) is 0 Å². The maximum absolute atomic E-state index is 12.9. The lowest BCUT2D eigenvalue weighted by Crippen LogP contribution is -2.50. The van der Waals surface area contributed by atoms with Crippen LogP contribution in [0.3, 0.4) is 0 Å². The lowest BCUT2D eigenvalue weighted by molar-refractivity contribution is 0.150. The lowest BCUT2D eigenvalue weighted by atomic mass is 9.96. The summed E-state index contributed by atoms with van der Waals surface area (Å²) in [6, 6.07) is 7.11. The molecule has 0 amide bonds. The summed E-state index contributed by atoms with van der Waals surface area (Å²) in [5, 5.41) is 0. The van der Waals surface area contributed by atoms with E-state index in [-0.39, 0.29) is 0 Å². The molecule has 1 aromatic carbocycles. The van der Waals surface area contributed by atoms with E-state index in [1.54, 1.807) is 8.61 Å². The van der Waals surface area contributed by atoms with Gasteiger partial charge in [-0.1, -0.05) is 19.1 Å². The van der Waals surface area contributed by atoms with Gasteiger partial charge in [0, 0.05) is 56.7 Å². The first-order valence-corrected chi connectivity index (χ1v) is 14.3. The van der Waals surface area contributed by atoms with E-state index in [1.807, 2.05) is 11.8 Å². The molecule has 0 aromatic heterocycles. The van der Waals surface area contributed by atoms with Crippen molar-refractivity contribution in [2.45, 2.75) is 45.6 Å². The van der Waals surface area contributed by atoms with E-state index in [1.165, 1.54) is 11.1 Å². The highest BCUT2D eigenvalue weighted by Gasteiger charge is 2.34. The Hall–Kier alpha value is -0.800. The van der Waals surface area contributed by atoms with Crippen molar-refractivity contribution in [3.05, 3.63) is 29.3 Å². The number of fused-ring (bicyclic) bond motifs is 1. The molecule has 1 atom stereocenters. The zero-order valence-electron chi connectivity index (χ0n) is 19.0. The number of nitrogens with zero attached hydrogens (tertiary/aromatic N) is 3. The molecule has 3 aliphatic heterocycles. The van der Waals surface area contributed by atoms with Crippen LogP contribution >= 0.6 is 11.8 Å². The second-order valence-electron chi connectivity index (χ2n) is 9.04. The monoisotopic (exact) mass is 467 g/mol. The first-order valence-electron chi connectivity index (χ1n) is 11.8. The van der Waals surface area contributed by atoms with Crippen LogP contribution in [0.25, 0.3) is 0 Å². The zero-order valence-corrected chi connectivity index (χ0v) is 20.6. The van der Waals surface area contributed by atoms with Gasteiger partial charge in [0.05, 0.1) is 6.61 Å². The average Bonchev–Trinajstić information content (AvgIpc) is 3.26. The number of hydrogen-bond acceptors (Lipinski definition) is 5. The van der Waals surface area contributed by atoms with Crippen molar-refractivity contribution in [2.75, 3.05) is 57.4 Å². The summed E-state index contributed by atoms with van der Waals surface area (Å²) < 4.78 is 34.9. The van der Waals surface area contributed by atoms with Crippen molar-refractivity contribution in [2.24, 2.45) is 5.92 Å². The Kier molecular flexibility index (Phi) is 7.85. The Morgan fingerprint density at radius 2 is 1.87 bits per heavy atom. The van der Waals surface area contributed by atoms with Crippen LogP contribution in [0, 0.1) is 5.92 Å². The fraction of sp³-hybridized carbons (Fsp3) is 0.739. The van der Waals surface area contributed by atoms with Crippen molar-refractivity contribution in [1.29, 1.82) is 0 Å². The van der Waals surface area contributed by atoms with Gasteiger partial charge in [-0.15, -0.1) is 0 Å². The molecule has 1 unspecified atom stereocenters. The van der Waals surface area contributed by atoms with Crippen LogP contribution in [0.15, 0.2) is 18.2 Å². The zero-order chi connectivity index (χ0) is 21.8. The maximum atomic E-state index is 12.9. The van der Waals surface area contributed by atoms with Crippen molar-refractivity contribution in [3.63, 3.8) is 0 Å². The van der Waals surface area contributed by atoms with Gasteiger partial charge in [0.25, 0.3) is 10.2 Å². The van der Waals surface area contributed by atoms with Crippen LogP contribution in [0.2, 0.25) is 0 Å². The fourth-order valence-corrected chi connectivity index (χ4v) is 7.83. The molecular formula is C23H37N3O3S2. The van der Waals surface area contributed by atoms with Crippen LogP contribution in [0.5, 0.6) is 5.75 Å². The van der Waals surface area contributed by atoms with Gasteiger partial charge in [-0.25, -0.2) is 0 Å². The molecule has 0 N–H and O–H groups in total. The Morgan fingerprint density at radius 1 is 1.16 bits per heavy atom. The predicted octanol–water partition coefficient (Wildman–Crippen LogP) is 2.88. The molecule has 2 saturated heterocycles. The minimum Gasteiger partial charge on any atom is -0.493 e. The summed E-state index contributed by atoms with van der Waals surface area (Å²) in [6.07, 6.45) is 3.98. The standard InChI is InChI=1S/C23H37N3O3S2/c1-3-24(19(2)16-21-4-5-23-22(17-21)8-13-29-23)18-20-6-9-25(10-7-20)31(27,28)26-11-14-30-15-12-26/h4-5,17,19-20H,3,6-16,18H2,1-2H3. The Bertz CT molecular complexity index is 834. The van der Waals surface area contributed by atoms with Gasteiger partial charge in [0.2, 0.25) is 0 Å². The van der Waals surface area contributed by atoms with Crippen LogP contribution < -0.4 is 4.74 Å². The largest absolute Gasteiger partial charge is 0.493 e. The fourth-order valence-electron chi connectivity index (χ4n) is 5.05. The highest BCUT2D eigenvalue weighted by atomic mass is 32.2.